The first kappa shape index (κ1) is 8.81. The Hall–Kier alpha value is -0.770. The minimum atomic E-state index is 0.518. The summed E-state index contributed by atoms with van der Waals surface area (Å²) in [5.41, 5.74) is 7.42. The van der Waals surface area contributed by atoms with Crippen molar-refractivity contribution in [2.24, 2.45) is 0 Å². The van der Waals surface area contributed by atoms with Crippen LogP contribution in [0.4, 0.5) is 5.69 Å². The van der Waals surface area contributed by atoms with Crippen molar-refractivity contribution in [1.82, 2.24) is 10.2 Å². The van der Waals surface area contributed by atoms with Crippen LogP contribution in [0.1, 0.15) is 30.2 Å². The molecule has 1 saturated heterocycles. The first-order valence-corrected chi connectivity index (χ1v) is 5.61. The molecule has 2 rings (SSSR count). The van der Waals surface area contributed by atoms with Gasteiger partial charge < -0.3 is 5.73 Å². The molecule has 1 aliphatic rings. The Morgan fingerprint density at radius 1 is 1.46 bits per heavy atom. The smallest absolute Gasteiger partial charge is 0.0781 e. The van der Waals surface area contributed by atoms with E-state index in [0.29, 0.717) is 5.25 Å². The topological polar surface area (TPSA) is 51.8 Å². The fraction of sp³-hybridized carbons (Fsp3) is 0.556. The number of rotatable bonds is 1. The molecule has 1 aliphatic heterocycles. The van der Waals surface area contributed by atoms with Crippen LogP contribution in [0.5, 0.6) is 0 Å². The van der Waals surface area contributed by atoms with Gasteiger partial charge in [-0.25, -0.2) is 0 Å². The maximum atomic E-state index is 5.65. The summed E-state index contributed by atoms with van der Waals surface area (Å²) in [4.78, 5) is 0. The van der Waals surface area contributed by atoms with Crippen LogP contribution in [0.3, 0.4) is 0 Å². The first-order chi connectivity index (χ1) is 6.36. The fourth-order valence-electron chi connectivity index (χ4n) is 1.53. The third-order valence-electron chi connectivity index (χ3n) is 2.20. The fourth-order valence-corrected chi connectivity index (χ4v) is 2.81. The van der Waals surface area contributed by atoms with E-state index in [-0.39, 0.29) is 0 Å². The Morgan fingerprint density at radius 2 is 2.38 bits per heavy atom. The van der Waals surface area contributed by atoms with E-state index in [2.05, 4.69) is 10.2 Å². The van der Waals surface area contributed by atoms with Gasteiger partial charge in [0.1, 0.15) is 0 Å². The third kappa shape index (κ3) is 2.12. The van der Waals surface area contributed by atoms with Crippen molar-refractivity contribution < 1.29 is 0 Å². The molecule has 0 aliphatic carbocycles. The van der Waals surface area contributed by atoms with Gasteiger partial charge in [-0.2, -0.15) is 22.0 Å². The molecule has 0 saturated carbocycles. The van der Waals surface area contributed by atoms with E-state index in [1.165, 1.54) is 25.0 Å². The molecular formula is C9H13N3S. The van der Waals surface area contributed by atoms with E-state index in [1.807, 2.05) is 17.8 Å². The van der Waals surface area contributed by atoms with Crippen molar-refractivity contribution in [3.63, 3.8) is 0 Å². The molecule has 1 unspecified atom stereocenters. The summed E-state index contributed by atoms with van der Waals surface area (Å²) in [6.07, 6.45) is 5.44. The van der Waals surface area contributed by atoms with Crippen molar-refractivity contribution in [2.45, 2.75) is 24.5 Å². The maximum absolute atomic E-state index is 5.65. The van der Waals surface area contributed by atoms with Gasteiger partial charge in [-0.3, -0.25) is 0 Å². The van der Waals surface area contributed by atoms with E-state index in [1.54, 1.807) is 6.20 Å². The van der Waals surface area contributed by atoms with Gasteiger partial charge in [0.05, 0.1) is 17.6 Å². The lowest BCUT2D eigenvalue weighted by Gasteiger charge is -2.19. The molecule has 2 N–H and O–H groups in total. The predicted molar refractivity (Wildman–Crippen MR) is 55.5 cm³/mol. The lowest BCUT2D eigenvalue weighted by Crippen LogP contribution is -2.05. The molecule has 1 aromatic heterocycles. The number of thioether (sulfide) groups is 1. The van der Waals surface area contributed by atoms with E-state index < -0.39 is 0 Å². The minimum Gasteiger partial charge on any atom is -0.397 e. The normalized spacial score (nSPS) is 22.9. The monoisotopic (exact) mass is 195 g/mol. The summed E-state index contributed by atoms with van der Waals surface area (Å²) in [6.45, 7) is 0. The van der Waals surface area contributed by atoms with Gasteiger partial charge in [0.25, 0.3) is 0 Å². The second-order valence-corrected chi connectivity index (χ2v) is 4.58. The Kier molecular flexibility index (Phi) is 2.68. The number of nitrogen functional groups attached to an aromatic ring is 1. The summed E-state index contributed by atoms with van der Waals surface area (Å²) < 4.78 is 0. The summed E-state index contributed by atoms with van der Waals surface area (Å²) >= 11 is 1.97. The zero-order valence-corrected chi connectivity index (χ0v) is 8.26. The molecule has 0 spiro atoms. The second-order valence-electron chi connectivity index (χ2n) is 3.27. The van der Waals surface area contributed by atoms with Crippen molar-refractivity contribution in [3.8, 4) is 0 Å². The van der Waals surface area contributed by atoms with Crippen LogP contribution in [0, 0.1) is 0 Å². The van der Waals surface area contributed by atoms with Gasteiger partial charge in [0.2, 0.25) is 0 Å². The van der Waals surface area contributed by atoms with Crippen molar-refractivity contribution in [3.05, 3.63) is 18.0 Å². The molecule has 4 heteroatoms. The van der Waals surface area contributed by atoms with Crippen LogP contribution in [0.15, 0.2) is 12.3 Å². The highest BCUT2D eigenvalue weighted by Crippen LogP contribution is 2.37. The Labute approximate surface area is 82.1 Å². The van der Waals surface area contributed by atoms with Crippen molar-refractivity contribution in [1.29, 1.82) is 0 Å². The van der Waals surface area contributed by atoms with E-state index in [4.69, 9.17) is 5.73 Å². The Morgan fingerprint density at radius 3 is 3.08 bits per heavy atom. The lowest BCUT2D eigenvalue weighted by atomic mass is 10.1. The highest BCUT2D eigenvalue weighted by atomic mass is 32.2. The van der Waals surface area contributed by atoms with Gasteiger partial charge >= 0.3 is 0 Å². The quantitative estimate of drug-likeness (QED) is 0.744. The van der Waals surface area contributed by atoms with Gasteiger partial charge in [-0.15, -0.1) is 0 Å². The highest BCUT2D eigenvalue weighted by Gasteiger charge is 2.17. The van der Waals surface area contributed by atoms with Crippen molar-refractivity contribution >= 4 is 17.4 Å². The van der Waals surface area contributed by atoms with Gasteiger partial charge in [-0.05, 0) is 24.7 Å². The summed E-state index contributed by atoms with van der Waals surface area (Å²) in [5, 5.41) is 8.50. The molecular weight excluding hydrogens is 182 g/mol. The largest absolute Gasteiger partial charge is 0.397 e. The average molecular weight is 195 g/mol. The third-order valence-corrected chi connectivity index (χ3v) is 3.61. The summed E-state index contributed by atoms with van der Waals surface area (Å²) in [6, 6.07) is 1.94. The number of hydrogen-bond acceptors (Lipinski definition) is 4. The van der Waals surface area contributed by atoms with Crippen LogP contribution >= 0.6 is 11.8 Å². The summed E-state index contributed by atoms with van der Waals surface area (Å²) in [7, 11) is 0. The molecule has 3 nitrogen and oxygen atoms in total. The van der Waals surface area contributed by atoms with Crippen LogP contribution < -0.4 is 5.73 Å². The number of hydrogen-bond donors (Lipinski definition) is 1. The van der Waals surface area contributed by atoms with E-state index >= 15 is 0 Å². The number of aromatic nitrogens is 2. The molecule has 0 aromatic carbocycles. The van der Waals surface area contributed by atoms with Gasteiger partial charge in [0.15, 0.2) is 0 Å². The zero-order chi connectivity index (χ0) is 9.10. The molecule has 2 heterocycles. The predicted octanol–water partition coefficient (Wildman–Crippen LogP) is 2.02. The van der Waals surface area contributed by atoms with Crippen LogP contribution in [-0.2, 0) is 0 Å². The second kappa shape index (κ2) is 3.96. The number of nitrogens with two attached hydrogens (primary N) is 1. The van der Waals surface area contributed by atoms with Gasteiger partial charge in [-0.1, -0.05) is 6.42 Å². The zero-order valence-electron chi connectivity index (χ0n) is 7.44. The van der Waals surface area contributed by atoms with Crippen LogP contribution in [0.2, 0.25) is 0 Å². The van der Waals surface area contributed by atoms with Crippen molar-refractivity contribution in [2.75, 3.05) is 11.5 Å². The molecule has 13 heavy (non-hydrogen) atoms. The standard InChI is InChI=1S/C9H13N3S/c10-7-5-8(12-11-6-7)9-3-1-2-4-13-9/h5-6,9H,1-4H2,(H2,10,12). The van der Waals surface area contributed by atoms with Crippen LogP contribution in [-0.4, -0.2) is 16.0 Å². The Bertz CT molecular complexity index is 284. The molecule has 1 fully saturated rings. The van der Waals surface area contributed by atoms with E-state index in [0.717, 1.165) is 11.4 Å². The van der Waals surface area contributed by atoms with Crippen LogP contribution in [0.25, 0.3) is 0 Å². The highest BCUT2D eigenvalue weighted by molar-refractivity contribution is 7.99. The number of anilines is 1. The first-order valence-electron chi connectivity index (χ1n) is 4.56. The molecule has 70 valence electrons. The average Bonchev–Trinajstić information content (AvgIpc) is 2.19. The summed E-state index contributed by atoms with van der Waals surface area (Å²) in [5.74, 6) is 1.24. The van der Waals surface area contributed by atoms with Gasteiger partial charge in [0, 0.05) is 5.25 Å². The minimum absolute atomic E-state index is 0.518. The molecule has 0 bridgehead atoms. The SMILES string of the molecule is Nc1cnnc(C2CCCCS2)c1. The Balaban J connectivity index is 2.14. The van der Waals surface area contributed by atoms with E-state index in [9.17, 15) is 0 Å². The molecule has 0 amide bonds. The molecule has 1 aromatic rings. The maximum Gasteiger partial charge on any atom is 0.0781 e. The molecule has 0 radical (unpaired) electrons. The number of nitrogens with zero attached hydrogens (tertiary/aromatic N) is 2. The lowest BCUT2D eigenvalue weighted by molar-refractivity contribution is 0.668. The molecule has 1 atom stereocenters.